The molecular weight excluding hydrogens is 302 g/mol. The molecule has 1 unspecified atom stereocenters. The number of carbonyl (C=O) groups excluding carboxylic acids is 2. The fraction of sp³-hybridized carbons (Fsp3) is 0.500. The summed E-state index contributed by atoms with van der Waals surface area (Å²) in [6.45, 7) is 6.87. The summed E-state index contributed by atoms with van der Waals surface area (Å²) < 4.78 is 0. The minimum Gasteiger partial charge on any atom is -0.352 e. The highest BCUT2D eigenvalue weighted by Gasteiger charge is 2.13. The molecule has 0 aliphatic heterocycles. The number of halogens is 1. The van der Waals surface area contributed by atoms with Crippen molar-refractivity contribution in [2.24, 2.45) is 17.6 Å². The van der Waals surface area contributed by atoms with Gasteiger partial charge in [0.1, 0.15) is 0 Å². The Hall–Kier alpha value is -1.59. The first-order valence-corrected chi connectivity index (χ1v) is 7.79. The van der Waals surface area contributed by atoms with E-state index in [1.165, 1.54) is 0 Å². The van der Waals surface area contributed by atoms with Gasteiger partial charge < -0.3 is 16.4 Å². The zero-order valence-corrected chi connectivity index (χ0v) is 14.0. The fourth-order valence-electron chi connectivity index (χ4n) is 1.81. The van der Waals surface area contributed by atoms with E-state index in [2.05, 4.69) is 10.6 Å². The van der Waals surface area contributed by atoms with E-state index in [1.807, 2.05) is 20.8 Å². The molecule has 6 heteroatoms. The van der Waals surface area contributed by atoms with Gasteiger partial charge in [-0.2, -0.15) is 0 Å². The highest BCUT2D eigenvalue weighted by molar-refractivity contribution is 6.34. The van der Waals surface area contributed by atoms with Crippen LogP contribution in [0.2, 0.25) is 5.02 Å². The Kier molecular flexibility index (Phi) is 7.35. The molecule has 22 heavy (non-hydrogen) atoms. The van der Waals surface area contributed by atoms with Gasteiger partial charge in [-0.05, 0) is 36.6 Å². The highest BCUT2D eigenvalue weighted by Crippen LogP contribution is 2.21. The van der Waals surface area contributed by atoms with E-state index in [0.29, 0.717) is 35.8 Å². The summed E-state index contributed by atoms with van der Waals surface area (Å²) in [7, 11) is 0. The third kappa shape index (κ3) is 6.03. The van der Waals surface area contributed by atoms with Crippen LogP contribution < -0.4 is 16.4 Å². The predicted molar refractivity (Wildman–Crippen MR) is 90.1 cm³/mol. The van der Waals surface area contributed by atoms with Crippen molar-refractivity contribution >= 4 is 29.1 Å². The molecule has 1 atom stereocenters. The lowest BCUT2D eigenvalue weighted by Crippen LogP contribution is -2.31. The third-order valence-corrected chi connectivity index (χ3v) is 3.43. The van der Waals surface area contributed by atoms with Gasteiger partial charge in [0.2, 0.25) is 5.91 Å². The van der Waals surface area contributed by atoms with Crippen LogP contribution in [0, 0.1) is 11.8 Å². The van der Waals surface area contributed by atoms with Gasteiger partial charge in [0.25, 0.3) is 5.91 Å². The molecule has 0 heterocycles. The summed E-state index contributed by atoms with van der Waals surface area (Å²) in [5, 5.41) is 5.91. The summed E-state index contributed by atoms with van der Waals surface area (Å²) in [6.07, 6.45) is 0.429. The molecule has 5 nitrogen and oxygen atoms in total. The van der Waals surface area contributed by atoms with E-state index in [1.54, 1.807) is 18.2 Å². The van der Waals surface area contributed by atoms with Crippen molar-refractivity contribution in [1.82, 2.24) is 5.32 Å². The van der Waals surface area contributed by atoms with Crippen LogP contribution in [0.25, 0.3) is 0 Å². The van der Waals surface area contributed by atoms with Crippen molar-refractivity contribution in [3.05, 3.63) is 28.8 Å². The second kappa shape index (κ2) is 8.76. The molecule has 1 aromatic carbocycles. The van der Waals surface area contributed by atoms with Crippen molar-refractivity contribution < 1.29 is 9.59 Å². The Morgan fingerprint density at radius 2 is 1.95 bits per heavy atom. The smallest absolute Gasteiger partial charge is 0.252 e. The fourth-order valence-corrected chi connectivity index (χ4v) is 2.01. The number of benzene rings is 1. The number of carbonyl (C=O) groups is 2. The summed E-state index contributed by atoms with van der Waals surface area (Å²) in [4.78, 5) is 23.9. The van der Waals surface area contributed by atoms with Crippen LogP contribution in [0.1, 0.15) is 37.6 Å². The topological polar surface area (TPSA) is 84.2 Å². The SMILES string of the molecule is CC(C)CC(=O)Nc1ccc(Cl)c(C(=O)NCC(C)CN)c1. The second-order valence-corrected chi connectivity index (χ2v) is 6.30. The minimum absolute atomic E-state index is 0.0829. The molecule has 2 amide bonds. The normalized spacial score (nSPS) is 12.1. The van der Waals surface area contributed by atoms with Crippen LogP contribution in [-0.4, -0.2) is 24.9 Å². The third-order valence-electron chi connectivity index (χ3n) is 3.10. The molecule has 4 N–H and O–H groups in total. The van der Waals surface area contributed by atoms with E-state index >= 15 is 0 Å². The quantitative estimate of drug-likeness (QED) is 0.720. The summed E-state index contributed by atoms with van der Waals surface area (Å²) in [6, 6.07) is 4.87. The van der Waals surface area contributed by atoms with Crippen LogP contribution in [0.15, 0.2) is 18.2 Å². The lowest BCUT2D eigenvalue weighted by molar-refractivity contribution is -0.116. The Bertz CT molecular complexity index is 532. The zero-order valence-electron chi connectivity index (χ0n) is 13.3. The van der Waals surface area contributed by atoms with Gasteiger partial charge in [-0.15, -0.1) is 0 Å². The van der Waals surface area contributed by atoms with Gasteiger partial charge in [-0.25, -0.2) is 0 Å². The van der Waals surface area contributed by atoms with Gasteiger partial charge in [0.15, 0.2) is 0 Å². The Morgan fingerprint density at radius 1 is 1.27 bits per heavy atom. The number of nitrogens with one attached hydrogen (secondary N) is 2. The lowest BCUT2D eigenvalue weighted by atomic mass is 10.1. The zero-order chi connectivity index (χ0) is 16.7. The maximum absolute atomic E-state index is 12.2. The van der Waals surface area contributed by atoms with Crippen LogP contribution >= 0.6 is 11.6 Å². The molecular formula is C16H24ClN3O2. The maximum Gasteiger partial charge on any atom is 0.252 e. The van der Waals surface area contributed by atoms with Gasteiger partial charge in [0.05, 0.1) is 10.6 Å². The molecule has 1 aromatic rings. The number of nitrogens with two attached hydrogens (primary N) is 1. The molecule has 0 aliphatic carbocycles. The molecule has 0 fully saturated rings. The summed E-state index contributed by atoms with van der Waals surface area (Å²) in [5.74, 6) is 0.107. The van der Waals surface area contributed by atoms with Gasteiger partial charge >= 0.3 is 0 Å². The maximum atomic E-state index is 12.2. The van der Waals surface area contributed by atoms with E-state index < -0.39 is 0 Å². The number of hydrogen-bond acceptors (Lipinski definition) is 3. The Morgan fingerprint density at radius 3 is 2.55 bits per heavy atom. The number of amides is 2. The van der Waals surface area contributed by atoms with Crippen LogP contribution in [-0.2, 0) is 4.79 Å². The molecule has 1 rings (SSSR count). The summed E-state index contributed by atoms with van der Waals surface area (Å²) in [5.41, 5.74) is 6.42. The molecule has 0 radical (unpaired) electrons. The van der Waals surface area contributed by atoms with Gasteiger partial charge in [0, 0.05) is 18.7 Å². The number of rotatable bonds is 7. The van der Waals surface area contributed by atoms with E-state index in [-0.39, 0.29) is 23.7 Å². The minimum atomic E-state index is -0.273. The molecule has 0 aromatic heterocycles. The van der Waals surface area contributed by atoms with Crippen molar-refractivity contribution in [3.8, 4) is 0 Å². The highest BCUT2D eigenvalue weighted by atomic mass is 35.5. The average Bonchev–Trinajstić information content (AvgIpc) is 2.45. The molecule has 0 aliphatic rings. The largest absolute Gasteiger partial charge is 0.352 e. The monoisotopic (exact) mass is 325 g/mol. The standard InChI is InChI=1S/C16H24ClN3O2/c1-10(2)6-15(21)20-12-4-5-14(17)13(7-12)16(22)19-9-11(3)8-18/h4-5,7,10-11H,6,8-9,18H2,1-3H3,(H,19,22)(H,20,21). The van der Waals surface area contributed by atoms with Crippen LogP contribution in [0.3, 0.4) is 0 Å². The first-order valence-electron chi connectivity index (χ1n) is 7.41. The summed E-state index contributed by atoms with van der Waals surface area (Å²) >= 11 is 6.06. The van der Waals surface area contributed by atoms with Crippen molar-refractivity contribution in [2.45, 2.75) is 27.2 Å². The molecule has 0 bridgehead atoms. The van der Waals surface area contributed by atoms with Crippen LogP contribution in [0.5, 0.6) is 0 Å². The lowest BCUT2D eigenvalue weighted by Gasteiger charge is -2.12. The van der Waals surface area contributed by atoms with Crippen molar-refractivity contribution in [2.75, 3.05) is 18.4 Å². The van der Waals surface area contributed by atoms with Crippen molar-refractivity contribution in [3.63, 3.8) is 0 Å². The molecule has 0 saturated heterocycles. The van der Waals surface area contributed by atoms with E-state index in [9.17, 15) is 9.59 Å². The molecule has 0 spiro atoms. The van der Waals surface area contributed by atoms with Gasteiger partial charge in [-0.1, -0.05) is 32.4 Å². The van der Waals surface area contributed by atoms with E-state index in [0.717, 1.165) is 0 Å². The number of hydrogen-bond donors (Lipinski definition) is 3. The number of anilines is 1. The van der Waals surface area contributed by atoms with E-state index in [4.69, 9.17) is 17.3 Å². The molecule has 0 saturated carbocycles. The second-order valence-electron chi connectivity index (χ2n) is 5.89. The Balaban J connectivity index is 2.77. The first-order chi connectivity index (χ1) is 10.3. The average molecular weight is 326 g/mol. The Labute approximate surface area is 136 Å². The van der Waals surface area contributed by atoms with Gasteiger partial charge in [-0.3, -0.25) is 9.59 Å². The predicted octanol–water partition coefficient (Wildman–Crippen LogP) is 2.65. The van der Waals surface area contributed by atoms with Crippen molar-refractivity contribution in [1.29, 1.82) is 0 Å². The molecule has 122 valence electrons. The first kappa shape index (κ1) is 18.5. The van der Waals surface area contributed by atoms with Crippen LogP contribution in [0.4, 0.5) is 5.69 Å².